The predicted molar refractivity (Wildman–Crippen MR) is 79.4 cm³/mol. The zero-order chi connectivity index (χ0) is 13.5. The van der Waals surface area contributed by atoms with Crippen LogP contribution in [0.2, 0.25) is 0 Å². The number of rotatable bonds is 1. The molecular weight excluding hydrogens is 246 g/mol. The molecule has 0 amide bonds. The van der Waals surface area contributed by atoms with Crippen molar-refractivity contribution in [3.63, 3.8) is 0 Å². The minimum atomic E-state index is -0.318. The summed E-state index contributed by atoms with van der Waals surface area (Å²) in [6.45, 7) is 0. The van der Waals surface area contributed by atoms with Crippen molar-refractivity contribution in [1.82, 2.24) is 4.90 Å². The summed E-state index contributed by atoms with van der Waals surface area (Å²) in [5.74, 6) is 2.88. The fourth-order valence-electron chi connectivity index (χ4n) is 7.56. The van der Waals surface area contributed by atoms with Gasteiger partial charge >= 0.3 is 0 Å². The quantitative estimate of drug-likeness (QED) is 0.794. The van der Waals surface area contributed by atoms with Gasteiger partial charge in [0.15, 0.2) is 0 Å². The van der Waals surface area contributed by atoms with Gasteiger partial charge in [0.1, 0.15) is 0 Å². The third-order valence-electron chi connectivity index (χ3n) is 8.16. The average molecular weight is 275 g/mol. The molecule has 4 aliphatic carbocycles. The second kappa shape index (κ2) is 3.81. The fraction of sp³-hybridized carbons (Fsp3) is 1.00. The van der Waals surface area contributed by atoms with Crippen molar-refractivity contribution in [2.45, 2.75) is 81.9 Å². The molecule has 0 aromatic heterocycles. The first kappa shape index (κ1) is 12.5. The van der Waals surface area contributed by atoms with Crippen LogP contribution in [0.3, 0.4) is 0 Å². The summed E-state index contributed by atoms with van der Waals surface area (Å²) in [7, 11) is 2.29. The first-order valence-corrected chi connectivity index (χ1v) is 9.01. The van der Waals surface area contributed by atoms with Gasteiger partial charge in [-0.05, 0) is 89.0 Å². The molecule has 6 aliphatic rings. The lowest BCUT2D eigenvalue weighted by molar-refractivity contribution is -0.204. The van der Waals surface area contributed by atoms with Crippen LogP contribution in [0.1, 0.15) is 64.2 Å². The first-order chi connectivity index (χ1) is 9.57. The Balaban J connectivity index is 1.50. The minimum Gasteiger partial charge on any atom is -0.389 e. The molecule has 0 aromatic rings. The Bertz CT molecular complexity index is 382. The number of nitrogens with zero attached hydrogens (tertiary/aromatic N) is 1. The lowest BCUT2D eigenvalue weighted by atomic mass is 9.44. The van der Waals surface area contributed by atoms with Gasteiger partial charge in [-0.25, -0.2) is 0 Å². The van der Waals surface area contributed by atoms with Crippen LogP contribution >= 0.6 is 0 Å². The maximum atomic E-state index is 11.7. The van der Waals surface area contributed by atoms with Gasteiger partial charge < -0.3 is 10.0 Å². The summed E-state index contributed by atoms with van der Waals surface area (Å²) in [6, 6.07) is 1.35. The molecule has 6 fully saturated rings. The van der Waals surface area contributed by atoms with Crippen molar-refractivity contribution in [1.29, 1.82) is 0 Å². The van der Waals surface area contributed by atoms with E-state index in [4.69, 9.17) is 0 Å². The Morgan fingerprint density at radius 2 is 1.25 bits per heavy atom. The van der Waals surface area contributed by atoms with Crippen LogP contribution in [0.4, 0.5) is 0 Å². The van der Waals surface area contributed by atoms with Crippen molar-refractivity contribution in [3.05, 3.63) is 0 Å². The standard InChI is InChI=1S/C18H29NO/c1-19-15-2-3-16(19)11-18(20,10-15)17-7-12-4-13(8-17)6-14(5-12)9-17/h12-16,20H,2-11H2,1H3. The Kier molecular flexibility index (Phi) is 2.38. The lowest BCUT2D eigenvalue weighted by Crippen LogP contribution is -2.63. The first-order valence-electron chi connectivity index (χ1n) is 9.01. The van der Waals surface area contributed by atoms with Crippen LogP contribution in [0.5, 0.6) is 0 Å². The van der Waals surface area contributed by atoms with Crippen LogP contribution in [-0.4, -0.2) is 34.7 Å². The molecule has 2 aliphatic heterocycles. The van der Waals surface area contributed by atoms with E-state index in [1.54, 1.807) is 0 Å². The SMILES string of the molecule is CN1C2CCC1CC(O)(C13CC4CC(CC(C4)C1)C3)C2. The summed E-state index contributed by atoms with van der Waals surface area (Å²) in [4.78, 5) is 2.58. The molecule has 4 saturated carbocycles. The van der Waals surface area contributed by atoms with Gasteiger partial charge in [-0.15, -0.1) is 0 Å². The van der Waals surface area contributed by atoms with E-state index in [-0.39, 0.29) is 5.60 Å². The third-order valence-corrected chi connectivity index (χ3v) is 8.16. The highest BCUT2D eigenvalue weighted by atomic mass is 16.3. The number of piperidine rings is 1. The number of aliphatic hydroxyl groups is 1. The van der Waals surface area contributed by atoms with Crippen molar-refractivity contribution in [2.75, 3.05) is 7.05 Å². The van der Waals surface area contributed by atoms with Crippen molar-refractivity contribution in [2.24, 2.45) is 23.2 Å². The number of hydrogen-bond donors (Lipinski definition) is 1. The second-order valence-corrected chi connectivity index (χ2v) is 9.19. The molecule has 2 nitrogen and oxygen atoms in total. The van der Waals surface area contributed by atoms with E-state index >= 15 is 0 Å². The van der Waals surface area contributed by atoms with Gasteiger partial charge in [-0.3, -0.25) is 0 Å². The van der Waals surface area contributed by atoms with Crippen molar-refractivity contribution in [3.8, 4) is 0 Å². The highest BCUT2D eigenvalue weighted by Crippen LogP contribution is 2.66. The molecule has 2 heterocycles. The van der Waals surface area contributed by atoms with Crippen LogP contribution in [0.15, 0.2) is 0 Å². The summed E-state index contributed by atoms with van der Waals surface area (Å²) in [5.41, 5.74) is 0.00516. The van der Waals surface area contributed by atoms with E-state index in [9.17, 15) is 5.11 Å². The fourth-order valence-corrected chi connectivity index (χ4v) is 7.56. The van der Waals surface area contributed by atoms with Gasteiger partial charge in [-0.2, -0.15) is 0 Å². The van der Waals surface area contributed by atoms with Gasteiger partial charge in [-0.1, -0.05) is 0 Å². The minimum absolute atomic E-state index is 0.318. The summed E-state index contributed by atoms with van der Waals surface area (Å²) in [5, 5.41) is 11.7. The second-order valence-electron chi connectivity index (χ2n) is 9.19. The smallest absolute Gasteiger partial charge is 0.0733 e. The van der Waals surface area contributed by atoms with Crippen molar-refractivity contribution < 1.29 is 5.11 Å². The average Bonchev–Trinajstić information content (AvgIpc) is 2.61. The van der Waals surface area contributed by atoms with E-state index in [1.807, 2.05) is 0 Å². The normalized spacial score (nSPS) is 61.2. The van der Waals surface area contributed by atoms with Gasteiger partial charge in [0, 0.05) is 17.5 Å². The van der Waals surface area contributed by atoms with Crippen LogP contribution in [0.25, 0.3) is 0 Å². The summed E-state index contributed by atoms with van der Waals surface area (Å²) >= 11 is 0. The molecule has 0 radical (unpaired) electrons. The molecule has 112 valence electrons. The van der Waals surface area contributed by atoms with Gasteiger partial charge in [0.25, 0.3) is 0 Å². The van der Waals surface area contributed by atoms with E-state index in [2.05, 4.69) is 11.9 Å². The Morgan fingerprint density at radius 1 is 0.800 bits per heavy atom. The molecule has 2 heteroatoms. The lowest BCUT2D eigenvalue weighted by Gasteiger charge is -2.64. The maximum absolute atomic E-state index is 11.7. The molecule has 2 atom stereocenters. The van der Waals surface area contributed by atoms with Crippen LogP contribution < -0.4 is 0 Å². The Hall–Kier alpha value is -0.0800. The Labute approximate surface area is 122 Å². The molecule has 1 N–H and O–H groups in total. The molecule has 0 spiro atoms. The van der Waals surface area contributed by atoms with E-state index < -0.39 is 0 Å². The molecule has 2 saturated heterocycles. The number of fused-ring (bicyclic) bond motifs is 2. The molecule has 6 bridgehead atoms. The van der Waals surface area contributed by atoms with E-state index in [0.29, 0.717) is 17.5 Å². The topological polar surface area (TPSA) is 23.5 Å². The summed E-state index contributed by atoms with van der Waals surface area (Å²) in [6.07, 6.45) is 13.4. The molecular formula is C18H29NO. The number of hydrogen-bond acceptors (Lipinski definition) is 2. The predicted octanol–water partition coefficient (Wildman–Crippen LogP) is 3.19. The zero-order valence-corrected chi connectivity index (χ0v) is 12.9. The highest BCUT2D eigenvalue weighted by Gasteiger charge is 2.62. The maximum Gasteiger partial charge on any atom is 0.0733 e. The third kappa shape index (κ3) is 1.48. The summed E-state index contributed by atoms with van der Waals surface area (Å²) < 4.78 is 0. The monoisotopic (exact) mass is 275 g/mol. The van der Waals surface area contributed by atoms with E-state index in [1.165, 1.54) is 51.4 Å². The largest absolute Gasteiger partial charge is 0.389 e. The molecule has 6 rings (SSSR count). The zero-order valence-electron chi connectivity index (χ0n) is 12.9. The highest BCUT2D eigenvalue weighted by molar-refractivity contribution is 5.14. The molecule has 0 aromatic carbocycles. The van der Waals surface area contributed by atoms with Crippen molar-refractivity contribution >= 4 is 0 Å². The van der Waals surface area contributed by atoms with Gasteiger partial charge in [0.2, 0.25) is 0 Å². The van der Waals surface area contributed by atoms with Gasteiger partial charge in [0.05, 0.1) is 5.60 Å². The molecule has 2 unspecified atom stereocenters. The molecule has 20 heavy (non-hydrogen) atoms. The Morgan fingerprint density at radius 3 is 1.70 bits per heavy atom. The van der Waals surface area contributed by atoms with Crippen LogP contribution in [-0.2, 0) is 0 Å². The van der Waals surface area contributed by atoms with Crippen LogP contribution in [0, 0.1) is 23.2 Å². The van der Waals surface area contributed by atoms with E-state index in [0.717, 1.165) is 30.6 Å².